The van der Waals surface area contributed by atoms with Crippen LogP contribution in [0.4, 0.5) is 0 Å². The Labute approximate surface area is 111 Å². The molecule has 96 valence electrons. The Kier molecular flexibility index (Phi) is 4.02. The second-order valence-corrected chi connectivity index (χ2v) is 5.14. The maximum Gasteiger partial charge on any atom is 0.307 e. The fourth-order valence-electron chi connectivity index (χ4n) is 2.57. The van der Waals surface area contributed by atoms with Crippen LogP contribution in [0, 0.1) is 11.8 Å². The molecule has 1 aromatic carbocycles. The van der Waals surface area contributed by atoms with Crippen molar-refractivity contribution < 1.29 is 14.7 Å². The number of carbonyl (C=O) groups excluding carboxylic acids is 1. The first-order valence-electron chi connectivity index (χ1n) is 6.12. The van der Waals surface area contributed by atoms with E-state index in [0.717, 1.165) is 12.8 Å². The Morgan fingerprint density at radius 1 is 1.06 bits per heavy atom. The lowest BCUT2D eigenvalue weighted by Crippen LogP contribution is -2.32. The van der Waals surface area contributed by atoms with Crippen LogP contribution in [0.5, 0.6) is 0 Å². The summed E-state index contributed by atoms with van der Waals surface area (Å²) in [7, 11) is 0. The zero-order chi connectivity index (χ0) is 13.1. The number of aliphatic carboxylic acids is 1. The predicted octanol–water partition coefficient (Wildman–Crippen LogP) is 3.41. The third-order valence-electron chi connectivity index (χ3n) is 3.55. The fraction of sp³-hybridized carbons (Fsp3) is 0.429. The molecule has 0 spiro atoms. The first-order chi connectivity index (χ1) is 8.59. The fourth-order valence-corrected chi connectivity index (χ4v) is 2.69. The summed E-state index contributed by atoms with van der Waals surface area (Å²) in [5, 5.41) is 9.75. The molecule has 0 saturated heterocycles. The first kappa shape index (κ1) is 13.1. The van der Waals surface area contributed by atoms with Gasteiger partial charge in [-0.2, -0.15) is 0 Å². The average molecular weight is 267 g/mol. The van der Waals surface area contributed by atoms with Crippen LogP contribution in [-0.2, 0) is 4.79 Å². The molecule has 1 fully saturated rings. The van der Waals surface area contributed by atoms with Crippen molar-refractivity contribution in [2.75, 3.05) is 0 Å². The standard InChI is InChI=1S/C14H15ClO3/c15-10-7-5-9(6-8-10)13(16)11-3-1-2-4-12(11)14(17)18/h5-8,11-12H,1-4H2,(H,17,18). The van der Waals surface area contributed by atoms with Gasteiger partial charge in [0.15, 0.2) is 5.78 Å². The largest absolute Gasteiger partial charge is 0.481 e. The van der Waals surface area contributed by atoms with Gasteiger partial charge in [-0.15, -0.1) is 0 Å². The lowest BCUT2D eigenvalue weighted by molar-refractivity contribution is -0.144. The topological polar surface area (TPSA) is 54.4 Å². The summed E-state index contributed by atoms with van der Waals surface area (Å²) >= 11 is 5.78. The van der Waals surface area contributed by atoms with Gasteiger partial charge in [0.2, 0.25) is 0 Å². The molecule has 2 rings (SSSR count). The van der Waals surface area contributed by atoms with Gasteiger partial charge in [-0.1, -0.05) is 24.4 Å². The Morgan fingerprint density at radius 2 is 1.61 bits per heavy atom. The van der Waals surface area contributed by atoms with Crippen LogP contribution in [0.1, 0.15) is 36.0 Å². The molecule has 1 aromatic rings. The third kappa shape index (κ3) is 2.72. The minimum atomic E-state index is -0.859. The highest BCUT2D eigenvalue weighted by Crippen LogP contribution is 2.33. The molecule has 0 aliphatic heterocycles. The second-order valence-electron chi connectivity index (χ2n) is 4.71. The monoisotopic (exact) mass is 266 g/mol. The van der Waals surface area contributed by atoms with Gasteiger partial charge in [-0.05, 0) is 37.1 Å². The molecule has 0 amide bonds. The number of carboxylic acids is 1. The lowest BCUT2D eigenvalue weighted by Gasteiger charge is -2.27. The van der Waals surface area contributed by atoms with Crippen molar-refractivity contribution in [1.29, 1.82) is 0 Å². The molecule has 18 heavy (non-hydrogen) atoms. The van der Waals surface area contributed by atoms with Crippen molar-refractivity contribution in [2.24, 2.45) is 11.8 Å². The molecule has 3 nitrogen and oxygen atoms in total. The third-order valence-corrected chi connectivity index (χ3v) is 3.80. The van der Waals surface area contributed by atoms with Crippen LogP contribution >= 0.6 is 11.6 Å². The minimum absolute atomic E-state index is 0.0706. The highest BCUT2D eigenvalue weighted by atomic mass is 35.5. The maximum absolute atomic E-state index is 12.3. The molecule has 1 aliphatic carbocycles. The Morgan fingerprint density at radius 3 is 2.17 bits per heavy atom. The van der Waals surface area contributed by atoms with E-state index >= 15 is 0 Å². The Hall–Kier alpha value is -1.35. The number of halogens is 1. The molecular formula is C14H15ClO3. The van der Waals surface area contributed by atoms with Crippen molar-refractivity contribution in [2.45, 2.75) is 25.7 Å². The van der Waals surface area contributed by atoms with Crippen LogP contribution in [0.25, 0.3) is 0 Å². The lowest BCUT2D eigenvalue weighted by atomic mass is 9.75. The van der Waals surface area contributed by atoms with Gasteiger partial charge in [0, 0.05) is 16.5 Å². The number of rotatable bonds is 3. The van der Waals surface area contributed by atoms with E-state index in [-0.39, 0.29) is 5.78 Å². The number of Topliss-reactive ketones (excluding diaryl/α,β-unsaturated/α-hetero) is 1. The molecule has 0 heterocycles. The number of benzene rings is 1. The van der Waals surface area contributed by atoms with E-state index in [1.807, 2.05) is 0 Å². The summed E-state index contributed by atoms with van der Waals surface area (Å²) in [6, 6.07) is 6.65. The van der Waals surface area contributed by atoms with Crippen molar-refractivity contribution in [3.63, 3.8) is 0 Å². The summed E-state index contributed by atoms with van der Waals surface area (Å²) in [6.45, 7) is 0. The normalized spacial score (nSPS) is 23.6. The first-order valence-corrected chi connectivity index (χ1v) is 6.50. The average Bonchev–Trinajstić information content (AvgIpc) is 2.39. The van der Waals surface area contributed by atoms with Gasteiger partial charge in [0.05, 0.1) is 5.92 Å². The number of ketones is 1. The van der Waals surface area contributed by atoms with Crippen LogP contribution in [0.3, 0.4) is 0 Å². The Balaban J connectivity index is 2.20. The van der Waals surface area contributed by atoms with E-state index in [1.165, 1.54) is 0 Å². The van der Waals surface area contributed by atoms with Crippen molar-refractivity contribution in [3.8, 4) is 0 Å². The van der Waals surface area contributed by atoms with E-state index in [2.05, 4.69) is 0 Å². The van der Waals surface area contributed by atoms with Crippen LogP contribution < -0.4 is 0 Å². The molecular weight excluding hydrogens is 252 g/mol. The molecule has 2 atom stereocenters. The molecule has 0 radical (unpaired) electrons. The number of carbonyl (C=O) groups is 2. The molecule has 4 heteroatoms. The molecule has 1 saturated carbocycles. The van der Waals surface area contributed by atoms with Crippen molar-refractivity contribution in [1.82, 2.24) is 0 Å². The SMILES string of the molecule is O=C(O)C1CCCCC1C(=O)c1ccc(Cl)cc1. The summed E-state index contributed by atoms with van der Waals surface area (Å²) in [5.41, 5.74) is 0.553. The zero-order valence-corrected chi connectivity index (χ0v) is 10.7. The molecule has 1 aliphatic rings. The van der Waals surface area contributed by atoms with Crippen molar-refractivity contribution in [3.05, 3.63) is 34.9 Å². The summed E-state index contributed by atoms with van der Waals surface area (Å²) in [4.78, 5) is 23.5. The van der Waals surface area contributed by atoms with Gasteiger partial charge in [0.25, 0.3) is 0 Å². The van der Waals surface area contributed by atoms with Crippen LogP contribution in [0.15, 0.2) is 24.3 Å². The van der Waals surface area contributed by atoms with Gasteiger partial charge >= 0.3 is 5.97 Å². The van der Waals surface area contributed by atoms with Crippen molar-refractivity contribution >= 4 is 23.4 Å². The number of hydrogen-bond acceptors (Lipinski definition) is 2. The highest BCUT2D eigenvalue weighted by molar-refractivity contribution is 6.30. The van der Waals surface area contributed by atoms with Gasteiger partial charge in [0.1, 0.15) is 0 Å². The van der Waals surface area contributed by atoms with E-state index in [9.17, 15) is 14.7 Å². The summed E-state index contributed by atoms with van der Waals surface area (Å²) in [6.07, 6.45) is 3.08. The minimum Gasteiger partial charge on any atom is -0.481 e. The predicted molar refractivity (Wildman–Crippen MR) is 68.9 cm³/mol. The van der Waals surface area contributed by atoms with Gasteiger partial charge < -0.3 is 5.11 Å². The summed E-state index contributed by atoms with van der Waals surface area (Å²) < 4.78 is 0. The molecule has 2 unspecified atom stereocenters. The quantitative estimate of drug-likeness (QED) is 0.853. The van der Waals surface area contributed by atoms with E-state index in [4.69, 9.17) is 11.6 Å². The summed E-state index contributed by atoms with van der Waals surface area (Å²) in [5.74, 6) is -1.86. The van der Waals surface area contributed by atoms with E-state index in [0.29, 0.717) is 23.4 Å². The second kappa shape index (κ2) is 5.53. The number of hydrogen-bond donors (Lipinski definition) is 1. The van der Waals surface area contributed by atoms with Gasteiger partial charge in [-0.25, -0.2) is 0 Å². The molecule has 0 aromatic heterocycles. The van der Waals surface area contributed by atoms with Gasteiger partial charge in [-0.3, -0.25) is 9.59 Å². The highest BCUT2D eigenvalue weighted by Gasteiger charge is 2.35. The van der Waals surface area contributed by atoms with E-state index in [1.54, 1.807) is 24.3 Å². The van der Waals surface area contributed by atoms with Crippen LogP contribution in [0.2, 0.25) is 5.02 Å². The number of carboxylic acid groups (broad SMARTS) is 1. The Bertz CT molecular complexity index is 453. The maximum atomic E-state index is 12.3. The zero-order valence-electron chi connectivity index (χ0n) is 9.93. The van der Waals surface area contributed by atoms with E-state index < -0.39 is 17.8 Å². The smallest absolute Gasteiger partial charge is 0.307 e. The van der Waals surface area contributed by atoms with Crippen LogP contribution in [-0.4, -0.2) is 16.9 Å². The molecule has 1 N–H and O–H groups in total. The molecule has 0 bridgehead atoms.